The van der Waals surface area contributed by atoms with Crippen molar-refractivity contribution in [2.24, 2.45) is 0 Å². The number of imidazole rings is 1. The van der Waals surface area contributed by atoms with Crippen molar-refractivity contribution in [1.82, 2.24) is 19.3 Å². The van der Waals surface area contributed by atoms with Crippen molar-refractivity contribution in [3.8, 4) is 5.69 Å². The number of para-hydroxylation sites is 3. The van der Waals surface area contributed by atoms with E-state index in [-0.39, 0.29) is 13.2 Å². The zero-order valence-corrected chi connectivity index (χ0v) is 17.6. The predicted octanol–water partition coefficient (Wildman–Crippen LogP) is 3.33. The van der Waals surface area contributed by atoms with E-state index in [0.29, 0.717) is 17.2 Å². The van der Waals surface area contributed by atoms with Gasteiger partial charge in [0.1, 0.15) is 12.4 Å². The number of fused-ring (bicyclic) bond motifs is 1. The van der Waals surface area contributed by atoms with Gasteiger partial charge in [0.15, 0.2) is 6.61 Å². The third-order valence-electron chi connectivity index (χ3n) is 5.05. The minimum absolute atomic E-state index is 0.0103. The Morgan fingerprint density at radius 1 is 1.00 bits per heavy atom. The van der Waals surface area contributed by atoms with Crippen molar-refractivity contribution in [2.45, 2.75) is 27.3 Å². The molecule has 0 aliphatic carbocycles. The van der Waals surface area contributed by atoms with E-state index < -0.39 is 11.9 Å². The number of ether oxygens (including phenoxy) is 1. The molecule has 2 heterocycles. The fraction of sp³-hybridized carbons (Fsp3) is 0.217. The number of anilines is 1. The normalized spacial score (nSPS) is 10.9. The zero-order chi connectivity index (χ0) is 22.0. The molecule has 158 valence electrons. The maximum absolute atomic E-state index is 12.4. The SMILES string of the molecule is Cc1nn(-c2ccccc2)c(C)c1NC(=O)COC(=O)Cn1c(C)nc2ccccc21. The summed E-state index contributed by atoms with van der Waals surface area (Å²) in [7, 11) is 0. The highest BCUT2D eigenvalue weighted by Gasteiger charge is 2.17. The Morgan fingerprint density at radius 2 is 1.71 bits per heavy atom. The number of nitrogens with one attached hydrogen (secondary N) is 1. The Kier molecular flexibility index (Phi) is 5.53. The standard InChI is InChI=1S/C23H23N5O3/c1-15-23(16(2)28(26-15)18-9-5-4-6-10-18)25-21(29)14-31-22(30)13-27-17(3)24-19-11-7-8-12-20(19)27/h4-12H,13-14H2,1-3H3,(H,25,29). The minimum atomic E-state index is -0.505. The van der Waals surface area contributed by atoms with Crippen LogP contribution in [0, 0.1) is 20.8 Å². The van der Waals surface area contributed by atoms with Gasteiger partial charge in [0.25, 0.3) is 5.91 Å². The molecule has 8 heteroatoms. The number of aromatic nitrogens is 4. The van der Waals surface area contributed by atoms with Gasteiger partial charge < -0.3 is 14.6 Å². The molecule has 0 spiro atoms. The average molecular weight is 417 g/mol. The fourth-order valence-electron chi connectivity index (χ4n) is 3.54. The number of hydrogen-bond donors (Lipinski definition) is 1. The molecule has 1 amide bonds. The Morgan fingerprint density at radius 3 is 2.48 bits per heavy atom. The molecular weight excluding hydrogens is 394 g/mol. The van der Waals surface area contributed by atoms with E-state index in [1.807, 2.05) is 75.4 Å². The monoisotopic (exact) mass is 417 g/mol. The Hall–Kier alpha value is -3.94. The molecule has 0 bridgehead atoms. The van der Waals surface area contributed by atoms with Crippen LogP contribution in [0.5, 0.6) is 0 Å². The van der Waals surface area contributed by atoms with Crippen LogP contribution < -0.4 is 5.32 Å². The molecule has 1 N–H and O–H groups in total. The van der Waals surface area contributed by atoms with Crippen LogP contribution in [0.1, 0.15) is 17.2 Å². The summed E-state index contributed by atoms with van der Waals surface area (Å²) in [4.78, 5) is 29.2. The molecule has 0 fully saturated rings. The van der Waals surface area contributed by atoms with Crippen molar-refractivity contribution in [2.75, 3.05) is 11.9 Å². The van der Waals surface area contributed by atoms with Crippen molar-refractivity contribution < 1.29 is 14.3 Å². The number of amides is 1. The van der Waals surface area contributed by atoms with Crippen LogP contribution in [0.15, 0.2) is 54.6 Å². The van der Waals surface area contributed by atoms with Gasteiger partial charge in [-0.15, -0.1) is 0 Å². The molecule has 0 aliphatic rings. The van der Waals surface area contributed by atoms with Gasteiger partial charge in [-0.25, -0.2) is 9.67 Å². The van der Waals surface area contributed by atoms with Gasteiger partial charge in [-0.2, -0.15) is 5.10 Å². The van der Waals surface area contributed by atoms with Crippen LogP contribution in [0.2, 0.25) is 0 Å². The summed E-state index contributed by atoms with van der Waals surface area (Å²) in [5.74, 6) is -0.212. The molecule has 0 saturated heterocycles. The van der Waals surface area contributed by atoms with Crippen molar-refractivity contribution in [3.63, 3.8) is 0 Å². The molecule has 8 nitrogen and oxygen atoms in total. The summed E-state index contributed by atoms with van der Waals surface area (Å²) < 4.78 is 8.74. The number of carbonyl (C=O) groups excluding carboxylic acids is 2. The van der Waals surface area contributed by atoms with Gasteiger partial charge in [0.2, 0.25) is 0 Å². The van der Waals surface area contributed by atoms with E-state index in [1.54, 1.807) is 9.25 Å². The van der Waals surface area contributed by atoms with Crippen LogP contribution in [-0.4, -0.2) is 37.8 Å². The topological polar surface area (TPSA) is 91.0 Å². The van der Waals surface area contributed by atoms with Gasteiger partial charge in [-0.1, -0.05) is 30.3 Å². The lowest BCUT2D eigenvalue weighted by Gasteiger charge is -2.09. The number of hydrogen-bond acceptors (Lipinski definition) is 5. The van der Waals surface area contributed by atoms with E-state index >= 15 is 0 Å². The summed E-state index contributed by atoms with van der Waals surface area (Å²) in [6, 6.07) is 17.2. The zero-order valence-electron chi connectivity index (χ0n) is 17.6. The van der Waals surface area contributed by atoms with Crippen LogP contribution in [-0.2, 0) is 20.9 Å². The maximum atomic E-state index is 12.4. The van der Waals surface area contributed by atoms with Gasteiger partial charge in [-0.3, -0.25) is 9.59 Å². The molecule has 0 radical (unpaired) electrons. The molecule has 0 atom stereocenters. The first-order valence-corrected chi connectivity index (χ1v) is 9.93. The lowest BCUT2D eigenvalue weighted by atomic mass is 10.3. The summed E-state index contributed by atoms with van der Waals surface area (Å²) in [6.07, 6.45) is 0. The third kappa shape index (κ3) is 4.18. The summed E-state index contributed by atoms with van der Waals surface area (Å²) in [6.45, 7) is 5.14. The molecule has 0 unspecified atom stereocenters. The second kappa shape index (κ2) is 8.43. The first-order valence-electron chi connectivity index (χ1n) is 9.93. The number of nitrogens with zero attached hydrogens (tertiary/aromatic N) is 4. The fourth-order valence-corrected chi connectivity index (χ4v) is 3.54. The highest BCUT2D eigenvalue weighted by atomic mass is 16.5. The second-order valence-corrected chi connectivity index (χ2v) is 7.24. The first kappa shape index (κ1) is 20.3. The highest BCUT2D eigenvalue weighted by molar-refractivity contribution is 5.94. The number of carbonyl (C=O) groups is 2. The van der Waals surface area contributed by atoms with Crippen LogP contribution in [0.4, 0.5) is 5.69 Å². The van der Waals surface area contributed by atoms with Gasteiger partial charge >= 0.3 is 5.97 Å². The van der Waals surface area contributed by atoms with Crippen molar-refractivity contribution >= 4 is 28.6 Å². The van der Waals surface area contributed by atoms with Crippen LogP contribution in [0.3, 0.4) is 0 Å². The van der Waals surface area contributed by atoms with Crippen molar-refractivity contribution in [1.29, 1.82) is 0 Å². The average Bonchev–Trinajstić information content (AvgIpc) is 3.23. The number of benzene rings is 2. The van der Waals surface area contributed by atoms with Gasteiger partial charge in [0.05, 0.1) is 33.8 Å². The molecular formula is C23H23N5O3. The Labute approximate surface area is 179 Å². The predicted molar refractivity (Wildman–Crippen MR) is 117 cm³/mol. The van der Waals surface area contributed by atoms with Crippen LogP contribution in [0.25, 0.3) is 16.7 Å². The Bertz CT molecular complexity index is 1260. The quantitative estimate of drug-likeness (QED) is 0.486. The molecule has 0 saturated carbocycles. The number of rotatable bonds is 6. The third-order valence-corrected chi connectivity index (χ3v) is 5.05. The molecule has 4 aromatic rings. The molecule has 2 aromatic carbocycles. The second-order valence-electron chi connectivity index (χ2n) is 7.24. The van der Waals surface area contributed by atoms with E-state index in [0.717, 1.165) is 22.4 Å². The smallest absolute Gasteiger partial charge is 0.326 e. The number of aryl methyl sites for hydroxylation is 2. The minimum Gasteiger partial charge on any atom is -0.454 e. The van der Waals surface area contributed by atoms with E-state index in [4.69, 9.17) is 4.74 Å². The lowest BCUT2D eigenvalue weighted by molar-refractivity contribution is -0.147. The van der Waals surface area contributed by atoms with E-state index in [9.17, 15) is 9.59 Å². The highest BCUT2D eigenvalue weighted by Crippen LogP contribution is 2.22. The first-order chi connectivity index (χ1) is 14.9. The number of esters is 1. The summed E-state index contributed by atoms with van der Waals surface area (Å²) in [5.41, 5.74) is 4.65. The molecule has 31 heavy (non-hydrogen) atoms. The van der Waals surface area contributed by atoms with Gasteiger partial charge in [-0.05, 0) is 45.0 Å². The van der Waals surface area contributed by atoms with Crippen molar-refractivity contribution in [3.05, 3.63) is 71.8 Å². The Balaban J connectivity index is 1.39. The summed E-state index contributed by atoms with van der Waals surface area (Å²) >= 11 is 0. The molecule has 4 rings (SSSR count). The maximum Gasteiger partial charge on any atom is 0.326 e. The molecule has 2 aromatic heterocycles. The van der Waals surface area contributed by atoms with E-state index in [1.165, 1.54) is 0 Å². The van der Waals surface area contributed by atoms with Gasteiger partial charge in [0, 0.05) is 0 Å². The van der Waals surface area contributed by atoms with E-state index in [2.05, 4.69) is 15.4 Å². The largest absolute Gasteiger partial charge is 0.454 e. The summed E-state index contributed by atoms with van der Waals surface area (Å²) in [5, 5.41) is 7.31. The molecule has 0 aliphatic heterocycles. The van der Waals surface area contributed by atoms with Crippen LogP contribution >= 0.6 is 0 Å². The lowest BCUT2D eigenvalue weighted by Crippen LogP contribution is -2.23.